The zero-order valence-electron chi connectivity index (χ0n) is 18.1. The van der Waals surface area contributed by atoms with Crippen LogP contribution >= 0.6 is 0 Å². The molecule has 158 valence electrons. The molecule has 0 unspecified atom stereocenters. The first-order valence-corrected chi connectivity index (χ1v) is 11.0. The van der Waals surface area contributed by atoms with Crippen molar-refractivity contribution in [1.29, 1.82) is 0 Å². The molecule has 0 saturated heterocycles. The molecule has 1 aromatic heterocycles. The van der Waals surface area contributed by atoms with Crippen molar-refractivity contribution in [2.24, 2.45) is 5.92 Å². The molecule has 0 N–H and O–H groups in total. The minimum absolute atomic E-state index is 0.481. The minimum atomic E-state index is 0.481. The van der Waals surface area contributed by atoms with Gasteiger partial charge >= 0.3 is 0 Å². The van der Waals surface area contributed by atoms with E-state index in [9.17, 15) is 0 Å². The van der Waals surface area contributed by atoms with Crippen molar-refractivity contribution in [1.82, 2.24) is 10.1 Å². The molecule has 0 atom stereocenters. The molecule has 2 aromatic carbocycles. The number of nitrogens with zero attached hydrogens (tertiary/aromatic N) is 2. The van der Waals surface area contributed by atoms with E-state index in [0.717, 1.165) is 29.2 Å². The van der Waals surface area contributed by atoms with Gasteiger partial charge in [-0.05, 0) is 62.4 Å². The molecule has 1 aliphatic carbocycles. The van der Waals surface area contributed by atoms with E-state index in [1.807, 2.05) is 32.0 Å². The Hall–Kier alpha value is -2.82. The molecule has 0 spiro atoms. The highest BCUT2D eigenvalue weighted by atomic mass is 16.5. The highest BCUT2D eigenvalue weighted by molar-refractivity contribution is 5.65. The van der Waals surface area contributed by atoms with Gasteiger partial charge in [0, 0.05) is 11.1 Å². The largest absolute Gasteiger partial charge is 0.490 e. The fourth-order valence-electron chi connectivity index (χ4n) is 4.31. The summed E-state index contributed by atoms with van der Waals surface area (Å²) in [5, 5.41) is 4.27. The van der Waals surface area contributed by atoms with Crippen LogP contribution in [-0.4, -0.2) is 23.4 Å². The maximum Gasteiger partial charge on any atom is 0.258 e. The van der Waals surface area contributed by atoms with Crippen molar-refractivity contribution >= 4 is 0 Å². The molecule has 0 amide bonds. The van der Waals surface area contributed by atoms with Crippen LogP contribution in [-0.2, 0) is 6.42 Å². The molecular formula is C25H30N2O3. The number of hydrogen-bond donors (Lipinski definition) is 0. The van der Waals surface area contributed by atoms with Crippen LogP contribution < -0.4 is 9.47 Å². The highest BCUT2D eigenvalue weighted by Crippen LogP contribution is 2.34. The lowest BCUT2D eigenvalue weighted by Crippen LogP contribution is -2.02. The third-order valence-corrected chi connectivity index (χ3v) is 5.89. The van der Waals surface area contributed by atoms with E-state index in [4.69, 9.17) is 14.0 Å². The Balaban J connectivity index is 1.61. The van der Waals surface area contributed by atoms with Crippen LogP contribution in [0.2, 0.25) is 0 Å². The third-order valence-electron chi connectivity index (χ3n) is 5.89. The van der Waals surface area contributed by atoms with Crippen molar-refractivity contribution in [3.8, 4) is 34.3 Å². The molecule has 1 heterocycles. The molecule has 30 heavy (non-hydrogen) atoms. The quantitative estimate of drug-likeness (QED) is 0.443. The normalized spacial score (nSPS) is 14.2. The first-order chi connectivity index (χ1) is 14.7. The molecule has 0 aliphatic heterocycles. The van der Waals surface area contributed by atoms with E-state index in [1.165, 1.54) is 36.8 Å². The van der Waals surface area contributed by atoms with E-state index in [1.54, 1.807) is 0 Å². The smallest absolute Gasteiger partial charge is 0.258 e. The maximum absolute atomic E-state index is 5.73. The number of benzene rings is 2. The maximum atomic E-state index is 5.73. The van der Waals surface area contributed by atoms with Crippen LogP contribution in [0, 0.1) is 12.8 Å². The topological polar surface area (TPSA) is 57.4 Å². The molecule has 4 rings (SSSR count). The number of hydrogen-bond acceptors (Lipinski definition) is 5. The van der Waals surface area contributed by atoms with E-state index in [0.29, 0.717) is 30.7 Å². The number of rotatable bonds is 8. The highest BCUT2D eigenvalue weighted by Gasteiger charge is 2.19. The molecule has 5 heteroatoms. The lowest BCUT2D eigenvalue weighted by atomic mass is 9.92. The first kappa shape index (κ1) is 20.5. The lowest BCUT2D eigenvalue weighted by Gasteiger charge is -2.13. The average Bonchev–Trinajstić information content (AvgIpc) is 3.43. The van der Waals surface area contributed by atoms with Gasteiger partial charge in [-0.3, -0.25) is 0 Å². The Morgan fingerprint density at radius 2 is 1.77 bits per heavy atom. The standard InChI is InChI=1S/C25H30N2O3/c1-4-28-22-14-13-20(16-23(22)29-5-2)25-26-24(27-30-25)21-12-8-11-19(17(21)3)15-18-9-6-7-10-18/h8,11-14,16,18H,4-7,9-10,15H2,1-3H3. The molecule has 0 bridgehead atoms. The summed E-state index contributed by atoms with van der Waals surface area (Å²) in [5.41, 5.74) is 4.50. The van der Waals surface area contributed by atoms with Crippen LogP contribution in [0.3, 0.4) is 0 Å². The fraction of sp³-hybridized carbons (Fsp3) is 0.440. The van der Waals surface area contributed by atoms with Crippen molar-refractivity contribution in [2.75, 3.05) is 13.2 Å². The van der Waals surface area contributed by atoms with E-state index >= 15 is 0 Å². The van der Waals surface area contributed by atoms with Crippen LogP contribution in [0.5, 0.6) is 11.5 Å². The van der Waals surface area contributed by atoms with Gasteiger partial charge < -0.3 is 14.0 Å². The second-order valence-corrected chi connectivity index (χ2v) is 7.89. The van der Waals surface area contributed by atoms with Gasteiger partial charge in [0.2, 0.25) is 5.82 Å². The Labute approximate surface area is 178 Å². The van der Waals surface area contributed by atoms with E-state index in [2.05, 4.69) is 35.3 Å². The first-order valence-electron chi connectivity index (χ1n) is 11.0. The van der Waals surface area contributed by atoms with Gasteiger partial charge in [0.25, 0.3) is 5.89 Å². The average molecular weight is 407 g/mol. The second-order valence-electron chi connectivity index (χ2n) is 7.89. The van der Waals surface area contributed by atoms with Gasteiger partial charge in [0.1, 0.15) is 0 Å². The Bertz CT molecular complexity index is 990. The van der Waals surface area contributed by atoms with Crippen molar-refractivity contribution in [3.63, 3.8) is 0 Å². The van der Waals surface area contributed by atoms with Gasteiger partial charge in [0.05, 0.1) is 13.2 Å². The van der Waals surface area contributed by atoms with Crippen LogP contribution in [0.25, 0.3) is 22.8 Å². The fourth-order valence-corrected chi connectivity index (χ4v) is 4.31. The van der Waals surface area contributed by atoms with Gasteiger partial charge in [-0.25, -0.2) is 0 Å². The van der Waals surface area contributed by atoms with Gasteiger partial charge in [-0.2, -0.15) is 4.98 Å². The van der Waals surface area contributed by atoms with Gasteiger partial charge in [-0.15, -0.1) is 0 Å². The number of ether oxygens (including phenoxy) is 2. The lowest BCUT2D eigenvalue weighted by molar-refractivity contribution is 0.288. The summed E-state index contributed by atoms with van der Waals surface area (Å²) in [6.45, 7) is 7.22. The predicted molar refractivity (Wildman–Crippen MR) is 118 cm³/mol. The minimum Gasteiger partial charge on any atom is -0.490 e. The van der Waals surface area contributed by atoms with Crippen molar-refractivity contribution in [2.45, 2.75) is 52.9 Å². The molecular weight excluding hydrogens is 376 g/mol. The Morgan fingerprint density at radius 3 is 2.53 bits per heavy atom. The van der Waals surface area contributed by atoms with Crippen molar-refractivity contribution < 1.29 is 14.0 Å². The summed E-state index contributed by atoms with van der Waals surface area (Å²) in [4.78, 5) is 4.69. The molecule has 0 radical (unpaired) electrons. The molecule has 1 saturated carbocycles. The second kappa shape index (κ2) is 9.33. The molecule has 5 nitrogen and oxygen atoms in total. The summed E-state index contributed by atoms with van der Waals surface area (Å²) in [6, 6.07) is 12.1. The summed E-state index contributed by atoms with van der Waals surface area (Å²) in [6.07, 6.45) is 6.56. The Kier molecular flexibility index (Phi) is 6.36. The molecule has 1 aliphatic rings. The monoisotopic (exact) mass is 406 g/mol. The Morgan fingerprint density at radius 1 is 1.00 bits per heavy atom. The van der Waals surface area contributed by atoms with E-state index in [-0.39, 0.29) is 0 Å². The zero-order chi connectivity index (χ0) is 20.9. The molecule has 3 aromatic rings. The van der Waals surface area contributed by atoms with Crippen LogP contribution in [0.4, 0.5) is 0 Å². The summed E-state index contributed by atoms with van der Waals surface area (Å²) < 4.78 is 17.0. The summed E-state index contributed by atoms with van der Waals surface area (Å²) >= 11 is 0. The van der Waals surface area contributed by atoms with Crippen molar-refractivity contribution in [3.05, 3.63) is 47.5 Å². The van der Waals surface area contributed by atoms with Crippen LogP contribution in [0.15, 0.2) is 40.9 Å². The number of aromatic nitrogens is 2. The third kappa shape index (κ3) is 4.35. The SMILES string of the molecule is CCOc1ccc(-c2nc(-c3cccc(CC4CCCC4)c3C)no2)cc1OCC. The van der Waals surface area contributed by atoms with Gasteiger partial charge in [-0.1, -0.05) is 49.0 Å². The van der Waals surface area contributed by atoms with Gasteiger partial charge in [0.15, 0.2) is 11.5 Å². The zero-order valence-corrected chi connectivity index (χ0v) is 18.1. The molecule has 1 fully saturated rings. The predicted octanol–water partition coefficient (Wildman–Crippen LogP) is 6.24. The van der Waals surface area contributed by atoms with Crippen LogP contribution in [0.1, 0.15) is 50.7 Å². The summed E-state index contributed by atoms with van der Waals surface area (Å²) in [7, 11) is 0. The van der Waals surface area contributed by atoms with E-state index < -0.39 is 0 Å². The summed E-state index contributed by atoms with van der Waals surface area (Å²) in [5.74, 6) is 3.32.